The molecule has 0 aromatic heterocycles. The number of ether oxygens (including phenoxy) is 2. The summed E-state index contributed by atoms with van der Waals surface area (Å²) in [5, 5.41) is 0. The second-order valence-corrected chi connectivity index (χ2v) is 0.983. The van der Waals surface area contributed by atoms with Gasteiger partial charge < -0.3 is 9.47 Å². The fraction of sp³-hybridized carbons (Fsp3) is 0.500. The van der Waals surface area contributed by atoms with Gasteiger partial charge in [-0.05, 0) is 0 Å². The second-order valence-electron chi connectivity index (χ2n) is 0.983. The Morgan fingerprint density at radius 1 is 1.38 bits per heavy atom. The molecule has 0 saturated carbocycles. The molecule has 4 heteroatoms. The molecular formula is C4H4O4. The van der Waals surface area contributed by atoms with Gasteiger partial charge in [-0.2, -0.15) is 0 Å². The minimum atomic E-state index is -2.91. The zero-order valence-electron chi connectivity index (χ0n) is 7.63. The van der Waals surface area contributed by atoms with Crippen LogP contribution in [0.2, 0.25) is 0 Å². The highest BCUT2D eigenvalue weighted by Gasteiger charge is 2.16. The summed E-state index contributed by atoms with van der Waals surface area (Å²) in [6.45, 7) is -5.81. The number of cyclic esters (lactones) is 2. The molecule has 0 atom stereocenters. The standard InChI is InChI=1S/C4H4O4/c5-3-1-7-2-4(6)8-3/h1-2H2/i1D2,2D2. The van der Waals surface area contributed by atoms with E-state index in [9.17, 15) is 9.59 Å². The Bertz CT molecular complexity index is 223. The van der Waals surface area contributed by atoms with Crippen LogP contribution in [0, 0.1) is 0 Å². The highest BCUT2D eigenvalue weighted by atomic mass is 16.6. The second kappa shape index (κ2) is 1.92. The molecule has 0 spiro atoms. The first-order valence-electron chi connectivity index (χ1n) is 3.72. The van der Waals surface area contributed by atoms with Crippen molar-refractivity contribution < 1.29 is 24.5 Å². The zero-order valence-corrected chi connectivity index (χ0v) is 3.63. The van der Waals surface area contributed by atoms with Crippen LogP contribution >= 0.6 is 0 Å². The summed E-state index contributed by atoms with van der Waals surface area (Å²) in [5.74, 6) is -3.08. The SMILES string of the molecule is [2H]C1([2H])OC([2H])([2H])C(=O)OC1=O. The van der Waals surface area contributed by atoms with Gasteiger partial charge in [-0.1, -0.05) is 0 Å². The van der Waals surface area contributed by atoms with E-state index < -0.39 is 25.1 Å². The van der Waals surface area contributed by atoms with Crippen molar-refractivity contribution in [3.8, 4) is 0 Å². The number of hydrogen-bond donors (Lipinski definition) is 0. The van der Waals surface area contributed by atoms with E-state index in [-0.39, 0.29) is 0 Å². The average Bonchev–Trinajstić information content (AvgIpc) is 1.82. The minimum Gasteiger partial charge on any atom is -0.390 e. The van der Waals surface area contributed by atoms with Gasteiger partial charge in [0.05, 0.1) is 5.48 Å². The third kappa shape index (κ3) is 1.04. The first kappa shape index (κ1) is 2.14. The Labute approximate surface area is 51.0 Å². The lowest BCUT2D eigenvalue weighted by Gasteiger charge is -2.07. The van der Waals surface area contributed by atoms with Crippen LogP contribution in [0.25, 0.3) is 0 Å². The van der Waals surface area contributed by atoms with Gasteiger partial charge in [0.2, 0.25) is 0 Å². The summed E-state index contributed by atoms with van der Waals surface area (Å²) in [5.41, 5.74) is 0. The van der Waals surface area contributed by atoms with E-state index in [1.807, 2.05) is 0 Å². The van der Waals surface area contributed by atoms with Crippen molar-refractivity contribution in [3.05, 3.63) is 0 Å². The van der Waals surface area contributed by atoms with Gasteiger partial charge in [0, 0.05) is 0 Å². The summed E-state index contributed by atoms with van der Waals surface area (Å²) in [6, 6.07) is 0. The number of esters is 2. The minimum absolute atomic E-state index is 1.54. The molecule has 1 heterocycles. The maximum Gasteiger partial charge on any atom is 0.339 e. The first-order chi connectivity index (χ1) is 5.26. The summed E-state index contributed by atoms with van der Waals surface area (Å²) in [7, 11) is 0. The molecule has 0 bridgehead atoms. The van der Waals surface area contributed by atoms with Gasteiger partial charge in [0.15, 0.2) is 0 Å². The predicted octanol–water partition coefficient (Wildman–Crippen LogP) is -0.914. The smallest absolute Gasteiger partial charge is 0.339 e. The topological polar surface area (TPSA) is 52.6 Å². The van der Waals surface area contributed by atoms with E-state index >= 15 is 0 Å². The Morgan fingerprint density at radius 3 is 2.25 bits per heavy atom. The van der Waals surface area contributed by atoms with Gasteiger partial charge in [-0.3, -0.25) is 0 Å². The third-order valence-electron chi connectivity index (χ3n) is 0.454. The van der Waals surface area contributed by atoms with Crippen LogP contribution in [0.5, 0.6) is 0 Å². The van der Waals surface area contributed by atoms with Gasteiger partial charge in [0.25, 0.3) is 0 Å². The van der Waals surface area contributed by atoms with Gasteiger partial charge in [-0.15, -0.1) is 0 Å². The fourth-order valence-electron chi connectivity index (χ4n) is 0.235. The average molecular weight is 120 g/mol. The van der Waals surface area contributed by atoms with Crippen LogP contribution in [0.4, 0.5) is 0 Å². The Kier molecular flexibility index (Phi) is 0.514. The maximum atomic E-state index is 10.5. The zero-order chi connectivity index (χ0) is 9.57. The molecule has 1 fully saturated rings. The predicted molar refractivity (Wildman–Crippen MR) is 21.9 cm³/mol. The monoisotopic (exact) mass is 120 g/mol. The summed E-state index contributed by atoms with van der Waals surface area (Å²) in [6.07, 6.45) is 0. The molecule has 1 aliphatic heterocycles. The molecule has 44 valence electrons. The number of hydrogen-bond acceptors (Lipinski definition) is 4. The molecule has 8 heavy (non-hydrogen) atoms. The maximum absolute atomic E-state index is 10.5. The number of carbonyl (C=O) groups is 2. The van der Waals surface area contributed by atoms with Gasteiger partial charge >= 0.3 is 11.9 Å². The number of rotatable bonds is 0. The van der Waals surface area contributed by atoms with Crippen molar-refractivity contribution in [2.45, 2.75) is 0 Å². The molecule has 0 aliphatic carbocycles. The van der Waals surface area contributed by atoms with E-state index in [1.165, 1.54) is 0 Å². The Balaban J connectivity index is 2.93. The molecule has 1 saturated heterocycles. The molecular weight excluding hydrogens is 112 g/mol. The lowest BCUT2D eigenvalue weighted by atomic mass is 10.6. The number of carbonyl (C=O) groups excluding carboxylic acids is 2. The normalized spacial score (nSPS) is 40.5. The van der Waals surface area contributed by atoms with Gasteiger partial charge in [-0.25, -0.2) is 9.59 Å². The molecule has 0 N–H and O–H groups in total. The van der Waals surface area contributed by atoms with Crippen molar-refractivity contribution in [1.29, 1.82) is 0 Å². The van der Waals surface area contributed by atoms with E-state index in [4.69, 9.17) is 5.48 Å². The van der Waals surface area contributed by atoms with Crippen LogP contribution in [0.3, 0.4) is 0 Å². The van der Waals surface area contributed by atoms with Crippen LogP contribution in [-0.4, -0.2) is 25.1 Å². The van der Waals surface area contributed by atoms with Crippen molar-refractivity contribution in [3.63, 3.8) is 0 Å². The molecule has 0 aromatic rings. The van der Waals surface area contributed by atoms with Crippen LogP contribution < -0.4 is 0 Å². The van der Waals surface area contributed by atoms with E-state index in [0.29, 0.717) is 0 Å². The van der Waals surface area contributed by atoms with Crippen molar-refractivity contribution in [1.82, 2.24) is 0 Å². The molecule has 0 aromatic carbocycles. The van der Waals surface area contributed by atoms with E-state index in [0.717, 1.165) is 0 Å². The Hall–Kier alpha value is -0.900. The molecule has 4 nitrogen and oxygen atoms in total. The fourth-order valence-corrected chi connectivity index (χ4v) is 0.235. The van der Waals surface area contributed by atoms with Crippen molar-refractivity contribution in [2.75, 3.05) is 13.1 Å². The Morgan fingerprint density at radius 2 is 1.88 bits per heavy atom. The highest BCUT2D eigenvalue weighted by Crippen LogP contribution is 1.90. The van der Waals surface area contributed by atoms with E-state index in [2.05, 4.69) is 9.47 Å². The molecule has 1 aliphatic rings. The molecule has 1 rings (SSSR count). The third-order valence-corrected chi connectivity index (χ3v) is 0.454. The highest BCUT2D eigenvalue weighted by molar-refractivity contribution is 5.88. The quantitative estimate of drug-likeness (QED) is 0.306. The first-order valence-corrected chi connectivity index (χ1v) is 1.72. The van der Waals surface area contributed by atoms with Crippen LogP contribution in [0.1, 0.15) is 5.48 Å². The molecule has 0 unspecified atom stereocenters. The largest absolute Gasteiger partial charge is 0.390 e. The van der Waals surface area contributed by atoms with Crippen molar-refractivity contribution in [2.24, 2.45) is 0 Å². The summed E-state index contributed by atoms with van der Waals surface area (Å²) in [4.78, 5) is 21.0. The van der Waals surface area contributed by atoms with E-state index in [1.54, 1.807) is 0 Å². The lowest BCUT2D eigenvalue weighted by molar-refractivity contribution is -0.174. The summed E-state index contributed by atoms with van der Waals surface area (Å²) >= 11 is 0. The van der Waals surface area contributed by atoms with Crippen LogP contribution in [0.15, 0.2) is 0 Å². The van der Waals surface area contributed by atoms with Crippen LogP contribution in [-0.2, 0) is 19.1 Å². The lowest BCUT2D eigenvalue weighted by Crippen LogP contribution is -2.28. The molecule has 0 amide bonds. The molecule has 0 radical (unpaired) electrons. The summed E-state index contributed by atoms with van der Waals surface area (Å²) < 4.78 is 34.7. The van der Waals surface area contributed by atoms with Crippen molar-refractivity contribution >= 4 is 11.9 Å². The van der Waals surface area contributed by atoms with Gasteiger partial charge in [0.1, 0.15) is 13.1 Å².